The second kappa shape index (κ2) is 4.61. The van der Waals surface area contributed by atoms with E-state index in [9.17, 15) is 13.4 Å². The van der Waals surface area contributed by atoms with E-state index in [1.54, 1.807) is 0 Å². The van der Waals surface area contributed by atoms with E-state index in [0.717, 1.165) is 4.31 Å². The average molecular weight is 323 g/mol. The van der Waals surface area contributed by atoms with Gasteiger partial charge in [-0.25, -0.2) is 8.60 Å². The van der Waals surface area contributed by atoms with Gasteiger partial charge in [-0.2, -0.15) is 0 Å². The molecule has 92 valence electrons. The Morgan fingerprint density at radius 2 is 2.29 bits per heavy atom. The molecular formula is C9H8BrFN2O3S. The molecule has 1 unspecified atom stereocenters. The van der Waals surface area contributed by atoms with Crippen LogP contribution in [-0.2, 0) is 16.0 Å². The number of nitrogens with zero attached hydrogens (tertiary/aromatic N) is 1. The van der Waals surface area contributed by atoms with Crippen LogP contribution in [0, 0.1) is 5.82 Å². The fourth-order valence-electron chi connectivity index (χ4n) is 1.46. The number of carbonyl (C=O) groups excluding carboxylic acids is 1. The number of halogens is 2. The van der Waals surface area contributed by atoms with Crippen molar-refractivity contribution in [3.05, 3.63) is 22.4 Å². The molecule has 1 heterocycles. The molecule has 0 bridgehead atoms. The first-order valence-electron chi connectivity index (χ1n) is 4.55. The zero-order valence-corrected chi connectivity index (χ0v) is 11.1. The van der Waals surface area contributed by atoms with Crippen molar-refractivity contribution in [1.29, 1.82) is 0 Å². The van der Waals surface area contributed by atoms with Crippen molar-refractivity contribution in [2.24, 2.45) is 0 Å². The number of nitrogens with one attached hydrogen (secondary N) is 1. The summed E-state index contributed by atoms with van der Waals surface area (Å²) < 4.78 is 34.1. The van der Waals surface area contributed by atoms with Crippen molar-refractivity contribution in [2.75, 3.05) is 18.0 Å². The van der Waals surface area contributed by atoms with Gasteiger partial charge in [0, 0.05) is 0 Å². The molecule has 0 aliphatic carbocycles. The third-order valence-corrected chi connectivity index (χ3v) is 3.92. The molecule has 1 saturated heterocycles. The van der Waals surface area contributed by atoms with Crippen LogP contribution in [0.3, 0.4) is 0 Å². The lowest BCUT2D eigenvalue weighted by atomic mass is 10.2. The molecule has 1 N–H and O–H groups in total. The molecule has 1 aromatic carbocycles. The van der Waals surface area contributed by atoms with Crippen LogP contribution in [0.15, 0.2) is 16.6 Å². The van der Waals surface area contributed by atoms with Crippen LogP contribution in [0.25, 0.3) is 0 Å². The second-order valence-electron chi connectivity index (χ2n) is 3.22. The van der Waals surface area contributed by atoms with Crippen molar-refractivity contribution in [2.45, 2.75) is 0 Å². The van der Waals surface area contributed by atoms with Gasteiger partial charge in [0.25, 0.3) is 5.91 Å². The lowest BCUT2D eigenvalue weighted by molar-refractivity contribution is -0.117. The Morgan fingerprint density at radius 3 is 2.82 bits per heavy atom. The summed E-state index contributed by atoms with van der Waals surface area (Å²) in [6.07, 6.45) is 0. The molecule has 0 aromatic heterocycles. The highest BCUT2D eigenvalue weighted by Crippen LogP contribution is 2.36. The molecule has 8 heteroatoms. The minimum atomic E-state index is -1.78. The number of hydrogen-bond donors (Lipinski definition) is 1. The Morgan fingerprint density at radius 1 is 1.59 bits per heavy atom. The van der Waals surface area contributed by atoms with E-state index in [-0.39, 0.29) is 22.5 Å². The smallest absolute Gasteiger partial charge is 0.253 e. The number of benzene rings is 1. The number of ether oxygens (including phenoxy) is 1. The van der Waals surface area contributed by atoms with E-state index in [1.165, 1.54) is 19.2 Å². The third kappa shape index (κ3) is 2.14. The molecule has 1 aromatic rings. The Hall–Kier alpha value is -1.15. The van der Waals surface area contributed by atoms with Gasteiger partial charge in [-0.1, -0.05) is 0 Å². The molecule has 1 atom stereocenters. The van der Waals surface area contributed by atoms with Crippen molar-refractivity contribution < 1.29 is 18.1 Å². The van der Waals surface area contributed by atoms with E-state index >= 15 is 0 Å². The highest BCUT2D eigenvalue weighted by atomic mass is 79.9. The minimum absolute atomic E-state index is 0.00133. The summed E-state index contributed by atoms with van der Waals surface area (Å²) in [5.74, 6) is -0.825. The van der Waals surface area contributed by atoms with Crippen LogP contribution in [0.2, 0.25) is 0 Å². The molecule has 5 nitrogen and oxygen atoms in total. The maximum Gasteiger partial charge on any atom is 0.253 e. The van der Waals surface area contributed by atoms with Crippen LogP contribution < -0.4 is 13.8 Å². The molecule has 0 saturated carbocycles. The molecule has 1 aliphatic heterocycles. The van der Waals surface area contributed by atoms with Crippen LogP contribution in [0.4, 0.5) is 10.1 Å². The molecule has 17 heavy (non-hydrogen) atoms. The van der Waals surface area contributed by atoms with Crippen LogP contribution in [0.1, 0.15) is 0 Å². The van der Waals surface area contributed by atoms with Crippen molar-refractivity contribution in [3.63, 3.8) is 0 Å². The minimum Gasteiger partial charge on any atom is -0.494 e. The summed E-state index contributed by atoms with van der Waals surface area (Å²) in [5, 5.41) is 0. The van der Waals surface area contributed by atoms with Crippen LogP contribution in [-0.4, -0.2) is 23.8 Å². The van der Waals surface area contributed by atoms with Gasteiger partial charge in [0.05, 0.1) is 11.6 Å². The maximum absolute atomic E-state index is 14.0. The summed E-state index contributed by atoms with van der Waals surface area (Å²) in [4.78, 5) is 11.1. The van der Waals surface area contributed by atoms with E-state index in [4.69, 9.17) is 4.74 Å². The quantitative estimate of drug-likeness (QED) is 0.887. The van der Waals surface area contributed by atoms with Gasteiger partial charge in [0.1, 0.15) is 18.0 Å². The fraction of sp³-hybridized carbons (Fsp3) is 0.222. The summed E-state index contributed by atoms with van der Waals surface area (Å²) in [6, 6.07) is 3.01. The number of carbonyl (C=O) groups is 1. The normalized spacial score (nSPS) is 19.4. The van der Waals surface area contributed by atoms with Crippen LogP contribution in [0.5, 0.6) is 5.75 Å². The standard InChI is InChI=1S/C9H8BrFN2O3S/c1-16-6-3-2-5(10)8(11)9(6)13-4-7(14)12-17(13)15/h2-3H,4H2,1H3,(H,12,14). The summed E-state index contributed by atoms with van der Waals surface area (Å²) in [6.45, 7) is -0.170. The first-order valence-corrected chi connectivity index (χ1v) is 6.45. The van der Waals surface area contributed by atoms with E-state index in [0.29, 0.717) is 0 Å². The molecule has 1 fully saturated rings. The topological polar surface area (TPSA) is 58.6 Å². The van der Waals surface area contributed by atoms with Gasteiger partial charge in [-0.15, -0.1) is 0 Å². The van der Waals surface area contributed by atoms with Crippen LogP contribution >= 0.6 is 15.9 Å². The predicted molar refractivity (Wildman–Crippen MR) is 64.3 cm³/mol. The molecule has 0 spiro atoms. The van der Waals surface area contributed by atoms with Crippen molar-refractivity contribution >= 4 is 38.7 Å². The molecule has 1 amide bonds. The monoisotopic (exact) mass is 322 g/mol. The van der Waals surface area contributed by atoms with E-state index in [2.05, 4.69) is 20.7 Å². The van der Waals surface area contributed by atoms with Gasteiger partial charge < -0.3 is 4.74 Å². The number of methoxy groups -OCH3 is 1. The Kier molecular flexibility index (Phi) is 3.34. The first-order chi connectivity index (χ1) is 8.04. The van der Waals surface area contributed by atoms with Gasteiger partial charge >= 0.3 is 0 Å². The Labute approximate surface area is 108 Å². The number of amides is 1. The second-order valence-corrected chi connectivity index (χ2v) is 5.22. The summed E-state index contributed by atoms with van der Waals surface area (Å²) in [5.41, 5.74) is -0.00133. The third-order valence-electron chi connectivity index (χ3n) is 2.19. The fourth-order valence-corrected chi connectivity index (χ4v) is 2.72. The average Bonchev–Trinajstić information content (AvgIpc) is 2.61. The predicted octanol–water partition coefficient (Wildman–Crippen LogP) is 1.11. The van der Waals surface area contributed by atoms with Gasteiger partial charge in [0.2, 0.25) is 11.2 Å². The van der Waals surface area contributed by atoms with Crippen molar-refractivity contribution in [3.8, 4) is 5.75 Å². The number of rotatable bonds is 2. The molecule has 1 aliphatic rings. The largest absolute Gasteiger partial charge is 0.494 e. The van der Waals surface area contributed by atoms with E-state index in [1.807, 2.05) is 0 Å². The summed E-state index contributed by atoms with van der Waals surface area (Å²) in [7, 11) is 1.38. The number of anilines is 1. The lowest BCUT2D eigenvalue weighted by Crippen LogP contribution is -2.24. The zero-order chi connectivity index (χ0) is 12.6. The maximum atomic E-state index is 14.0. The SMILES string of the molecule is COc1ccc(Br)c(F)c1N1CC(=O)NS1=O. The van der Waals surface area contributed by atoms with Crippen molar-refractivity contribution in [1.82, 2.24) is 4.72 Å². The lowest BCUT2D eigenvalue weighted by Gasteiger charge is -2.18. The summed E-state index contributed by atoms with van der Waals surface area (Å²) >= 11 is 1.25. The van der Waals surface area contributed by atoms with Gasteiger partial charge in [0.15, 0.2) is 5.82 Å². The first kappa shape index (κ1) is 12.3. The molecule has 2 rings (SSSR count). The number of hydrogen-bond acceptors (Lipinski definition) is 3. The molecule has 0 radical (unpaired) electrons. The Bertz CT molecular complexity index is 511. The highest BCUT2D eigenvalue weighted by molar-refractivity contribution is 9.10. The highest BCUT2D eigenvalue weighted by Gasteiger charge is 2.32. The zero-order valence-electron chi connectivity index (χ0n) is 8.70. The molecular weight excluding hydrogens is 315 g/mol. The van der Waals surface area contributed by atoms with Gasteiger partial charge in [-0.3, -0.25) is 13.8 Å². The Balaban J connectivity index is 2.54. The van der Waals surface area contributed by atoms with E-state index < -0.39 is 22.9 Å². The van der Waals surface area contributed by atoms with Gasteiger partial charge in [-0.05, 0) is 28.1 Å².